The number of phosphoric acid groups is 2. The third kappa shape index (κ3) is 19.0. The maximum atomic E-state index is 16.4. The van der Waals surface area contributed by atoms with Crippen molar-refractivity contribution in [3.8, 4) is 17.9 Å². The van der Waals surface area contributed by atoms with Crippen molar-refractivity contribution >= 4 is 79.3 Å². The minimum Gasteiger partial charge on any atom is -0.497 e. The topological polar surface area (TPSA) is 463 Å². The minimum absolute atomic E-state index is 0.00276. The number of ether oxygens (including phenoxy) is 8. The van der Waals surface area contributed by atoms with Crippen molar-refractivity contribution in [2.24, 2.45) is 0 Å². The zero-order valence-electron chi connectivity index (χ0n) is 70.4. The number of aliphatic hydroxyl groups is 1. The molecule has 3 aliphatic heterocycles. The molecule has 0 radical (unpaired) electrons. The molecule has 40 heteroatoms. The number of hydrogen-bond donors (Lipinski definition) is 2. The predicted molar refractivity (Wildman–Crippen MR) is 466 cm³/mol. The van der Waals surface area contributed by atoms with Gasteiger partial charge < -0.3 is 48.3 Å². The quantitative estimate of drug-likeness (QED) is 0.0121. The second-order valence-corrected chi connectivity index (χ2v) is 33.0. The van der Waals surface area contributed by atoms with E-state index in [1.165, 1.54) is 108 Å². The molecule has 8 aromatic carbocycles. The van der Waals surface area contributed by atoms with Crippen LogP contribution in [0.25, 0.3) is 22.3 Å². The Morgan fingerprint density at radius 2 is 0.886 bits per heavy atom. The number of nitrogens with one attached hydrogen (secondary N) is 1. The number of aromatic nitrogens is 10. The maximum absolute atomic E-state index is 16.4. The molecular weight excluding hydrogens is 1750 g/mol. The molecule has 5 aromatic heterocycles. The summed E-state index contributed by atoms with van der Waals surface area (Å²) in [4.78, 5) is 131. The molecule has 132 heavy (non-hydrogen) atoms. The lowest BCUT2D eigenvalue weighted by atomic mass is 9.77. The van der Waals surface area contributed by atoms with Crippen molar-refractivity contribution in [2.45, 2.75) is 92.0 Å². The number of imide groups is 1. The third-order valence-corrected chi connectivity index (χ3v) is 24.9. The second-order valence-electron chi connectivity index (χ2n) is 29.8. The van der Waals surface area contributed by atoms with Crippen LogP contribution in [0.15, 0.2) is 284 Å². The van der Waals surface area contributed by atoms with Crippen LogP contribution in [-0.2, 0) is 75.0 Å². The van der Waals surface area contributed by atoms with Gasteiger partial charge in [-0.05, 0) is 89.5 Å². The first-order chi connectivity index (χ1) is 64.3. The number of nitrogens with zero attached hydrogens (tertiary/aromatic N) is 13. The molecule has 3 aliphatic rings. The molecule has 2 N–H and O–H groups in total. The van der Waals surface area contributed by atoms with E-state index in [1.807, 2.05) is 97.1 Å². The van der Waals surface area contributed by atoms with Gasteiger partial charge in [0.2, 0.25) is 0 Å². The lowest BCUT2D eigenvalue weighted by Gasteiger charge is -2.37. The predicted octanol–water partition coefficient (Wildman–Crippen LogP) is 11.3. The Bertz CT molecular complexity index is 6520. The average molecular weight is 1830 g/mol. The highest BCUT2D eigenvalue weighted by molar-refractivity contribution is 7.48. The molecule has 0 spiro atoms. The van der Waals surface area contributed by atoms with Crippen LogP contribution in [0.1, 0.15) is 100 Å². The number of esters is 2. The molecule has 674 valence electrons. The summed E-state index contributed by atoms with van der Waals surface area (Å²) in [5.41, 5.74) is -1.04. The first kappa shape index (κ1) is 91.2. The smallest absolute Gasteiger partial charge is 0.475 e. The number of amides is 2. The number of hydrogen-bond acceptors (Lipinski definition) is 33. The van der Waals surface area contributed by atoms with E-state index in [2.05, 4.69) is 25.3 Å². The van der Waals surface area contributed by atoms with Crippen LogP contribution >= 0.6 is 15.6 Å². The van der Waals surface area contributed by atoms with Crippen molar-refractivity contribution in [2.75, 3.05) is 64.6 Å². The number of aliphatic hydroxyl groups excluding tert-OH is 1. The van der Waals surface area contributed by atoms with Crippen LogP contribution in [0, 0.1) is 22.7 Å². The second kappa shape index (κ2) is 40.9. The Balaban J connectivity index is 0.749. The molecule has 0 aliphatic carbocycles. The van der Waals surface area contributed by atoms with E-state index >= 15 is 13.9 Å². The lowest BCUT2D eigenvalue weighted by molar-refractivity contribution is -0.0687. The number of methoxy groups -OCH3 is 3. The largest absolute Gasteiger partial charge is 0.497 e. The fraction of sp³-hybridized carbons (Fsp3) is 0.250. The van der Waals surface area contributed by atoms with E-state index in [1.54, 1.807) is 86.0 Å². The van der Waals surface area contributed by atoms with Gasteiger partial charge >= 0.3 is 33.3 Å². The Hall–Kier alpha value is -14.2. The Kier molecular flexibility index (Phi) is 28.2. The van der Waals surface area contributed by atoms with Gasteiger partial charge in [-0.15, -0.1) is 0 Å². The van der Waals surface area contributed by atoms with E-state index in [0.717, 1.165) is 51.9 Å². The molecular formula is C92H82N14O24P2. The summed E-state index contributed by atoms with van der Waals surface area (Å²) >= 11 is 0. The molecule has 38 nitrogen and oxygen atoms in total. The van der Waals surface area contributed by atoms with Crippen molar-refractivity contribution in [3.05, 3.63) is 340 Å². The van der Waals surface area contributed by atoms with Crippen molar-refractivity contribution < 1.29 is 103 Å². The summed E-state index contributed by atoms with van der Waals surface area (Å²) in [6, 6.07) is 69.9. The van der Waals surface area contributed by atoms with Gasteiger partial charge in [0.25, 0.3) is 23.3 Å². The minimum atomic E-state index is -5.56. The average Bonchev–Trinajstić information content (AvgIpc) is 1.36. The zero-order chi connectivity index (χ0) is 92.0. The molecule has 14 atom stereocenters. The molecule has 8 heterocycles. The normalized spacial score (nSPS) is 20.9. The number of rotatable bonds is 36. The van der Waals surface area contributed by atoms with Crippen LogP contribution in [-0.4, -0.2) is 192 Å². The molecule has 16 rings (SSSR count). The molecule has 2 unspecified atom stereocenters. The van der Waals surface area contributed by atoms with Gasteiger partial charge in [0.1, 0.15) is 66.7 Å². The first-order valence-electron chi connectivity index (χ1n) is 41.2. The Morgan fingerprint density at radius 1 is 0.470 bits per heavy atom. The van der Waals surface area contributed by atoms with Crippen LogP contribution in [0.3, 0.4) is 0 Å². The summed E-state index contributed by atoms with van der Waals surface area (Å²) in [5, 5.41) is 35.0. The van der Waals surface area contributed by atoms with Crippen LogP contribution in [0.4, 0.5) is 11.6 Å². The summed E-state index contributed by atoms with van der Waals surface area (Å²) in [6.07, 6.45) is -15.7. The van der Waals surface area contributed by atoms with Gasteiger partial charge in [-0.3, -0.25) is 60.0 Å². The van der Waals surface area contributed by atoms with E-state index < -0.39 is 182 Å². The summed E-state index contributed by atoms with van der Waals surface area (Å²) < 4.78 is 124. The number of anilines is 2. The first-order valence-corrected chi connectivity index (χ1v) is 44.1. The van der Waals surface area contributed by atoms with Gasteiger partial charge in [-0.25, -0.2) is 58.3 Å². The van der Waals surface area contributed by atoms with Crippen LogP contribution in [0.5, 0.6) is 5.75 Å². The Morgan fingerprint density at radius 3 is 1.37 bits per heavy atom. The van der Waals surface area contributed by atoms with Gasteiger partial charge in [-0.2, -0.15) is 15.1 Å². The van der Waals surface area contributed by atoms with Crippen molar-refractivity contribution in [3.63, 3.8) is 0 Å². The molecule has 3 fully saturated rings. The molecule has 3 saturated heterocycles. The fourth-order valence-corrected chi connectivity index (χ4v) is 18.5. The SMILES string of the molecule is COc1ccc(C(Nc2ncnc3c2ncn3[C@@H]2O[C@H](CO)[C@@H](OP(=O)(OCCC#N)OC[C@H]3O[C@@H](n4ccc(=O)n(C(=O)c5ccccc5)c4=O)[C@H](OC)[C@@H]3OP(=O)(OCCC#N)OC[C@H]3O[C@@H](n4cnc5c(N(C(=O)c6ccccc6)C(=O)c6ccccc6)ncnc54)[C@H](OC(=O)c4ccccc4)[C@@H]3OC(=O)c3ccccc3)[C@H]2OC)(c2ccccc2)c2ccccc2)cc1. The van der Waals surface area contributed by atoms with Gasteiger partial charge in [0.15, 0.2) is 64.9 Å². The number of imidazole rings is 2. The number of carbonyl (C=O) groups is 5. The number of carbonyl (C=O) groups excluding carboxylic acids is 5. The van der Waals surface area contributed by atoms with Crippen molar-refractivity contribution in [1.82, 2.24) is 48.2 Å². The van der Waals surface area contributed by atoms with Crippen molar-refractivity contribution in [1.29, 1.82) is 10.5 Å². The molecule has 0 saturated carbocycles. The third-order valence-electron chi connectivity index (χ3n) is 22.0. The highest BCUT2D eigenvalue weighted by Crippen LogP contribution is 2.58. The van der Waals surface area contributed by atoms with Gasteiger partial charge in [-0.1, -0.05) is 164 Å². The summed E-state index contributed by atoms with van der Waals surface area (Å²) in [5.74, 6) is -4.18. The number of fused-ring (bicyclic) bond motifs is 2. The number of phosphoric ester groups is 2. The molecule has 0 bridgehead atoms. The maximum Gasteiger partial charge on any atom is 0.475 e. The van der Waals surface area contributed by atoms with Gasteiger partial charge in [0, 0.05) is 43.2 Å². The Labute approximate surface area is 751 Å². The fourth-order valence-electron chi connectivity index (χ4n) is 15.7. The lowest BCUT2D eigenvalue weighted by Crippen LogP contribution is -2.46. The molecule has 13 aromatic rings. The molecule has 2 amide bonds. The number of benzene rings is 8. The van der Waals surface area contributed by atoms with E-state index in [9.17, 15) is 44.4 Å². The summed E-state index contributed by atoms with van der Waals surface area (Å²) in [7, 11) is -6.94. The highest BCUT2D eigenvalue weighted by Gasteiger charge is 2.57. The van der Waals surface area contributed by atoms with Crippen LogP contribution < -0.4 is 26.2 Å². The standard InChI is InChI=1S/C92H82N14O24P2/c1-117-66-43-41-65(42-44-66)92(63-37-21-9-22-38-63,64-39-23-10-24-40-64)101-79-71-80(96-54-95-79)103(56-99-71)87-76(118-2)74(67(51-107)124-87)129-131(115,120-49-25-46-93)123-53-69-75(77(119-3)86(126-69)102-48-45-70(108)105(91(102)114)83(109)58-27-11-4-12-28-58)130-132(116,121-50-26-47-94)122-52-68-73(127-89(112)61-33-17-7-18-34-61)78(128-90(113)62-35-19-8-20-36-62)88(125-68)104-57-100-72-81(104)97-55-98-82(72)106(84(110)59-29-13-5-14-30-59)85(111)60-31-15-6-16-32-60/h4-24,27-45,48,54-57,67-69,73-78,86-88,107H,25-26,49-53H2,1-3H3,(H,95,96,101)/t67-,68-,69-,73-,74-,75-,76-,77-,78-,86-,87-,88-,131?,132?/m1/s1. The summed E-state index contributed by atoms with van der Waals surface area (Å²) in [6.45, 7) is -4.39. The number of nitriles is 2. The van der Waals surface area contributed by atoms with E-state index in [4.69, 9.17) is 75.0 Å². The highest BCUT2D eigenvalue weighted by atomic mass is 31.2. The van der Waals surface area contributed by atoms with E-state index in [0.29, 0.717) is 10.3 Å². The monoisotopic (exact) mass is 1830 g/mol. The van der Waals surface area contributed by atoms with E-state index in [-0.39, 0.29) is 61.8 Å². The van der Waals surface area contributed by atoms with Gasteiger partial charge in [0.05, 0.1) is 88.9 Å². The zero-order valence-corrected chi connectivity index (χ0v) is 72.2. The van der Waals surface area contributed by atoms with Crippen LogP contribution in [0.2, 0.25) is 0 Å².